The van der Waals surface area contributed by atoms with Crippen LogP contribution in [0, 0.1) is 23.1 Å². The Morgan fingerprint density at radius 3 is 2.80 bits per heavy atom. The third-order valence-corrected chi connectivity index (χ3v) is 5.36. The van der Waals surface area contributed by atoms with Crippen molar-refractivity contribution in [3.8, 4) is 6.07 Å². The highest BCUT2D eigenvalue weighted by molar-refractivity contribution is 7.91. The topological polar surface area (TPSA) is 61.2 Å². The van der Waals surface area contributed by atoms with Gasteiger partial charge in [0.2, 0.25) is 0 Å². The highest BCUT2D eigenvalue weighted by Gasteiger charge is 2.28. The number of halogens is 1. The second-order valence-corrected chi connectivity index (χ2v) is 7.61. The molecule has 1 heterocycles. The maximum atomic E-state index is 13.8. The molecule has 1 aromatic rings. The molecule has 1 atom stereocenters. The maximum absolute atomic E-state index is 13.8. The first-order valence-corrected chi connectivity index (χ1v) is 8.29. The van der Waals surface area contributed by atoms with E-state index in [1.54, 1.807) is 12.1 Å². The zero-order valence-corrected chi connectivity index (χ0v) is 12.2. The van der Waals surface area contributed by atoms with Crippen molar-refractivity contribution in [2.24, 2.45) is 5.92 Å². The summed E-state index contributed by atoms with van der Waals surface area (Å²) in [5.74, 6) is 0.227. The van der Waals surface area contributed by atoms with Crippen molar-refractivity contribution in [2.75, 3.05) is 25.1 Å². The number of nitrogens with zero attached hydrogens (tertiary/aromatic N) is 2. The smallest absolute Gasteiger partial charge is 0.150 e. The minimum atomic E-state index is -2.87. The first-order valence-electron chi connectivity index (χ1n) is 6.47. The minimum absolute atomic E-state index is 0.131. The fraction of sp³-hybridized carbons (Fsp3) is 0.500. The normalized spacial score (nSPS) is 21.0. The monoisotopic (exact) mass is 296 g/mol. The number of rotatable bonds is 4. The van der Waals surface area contributed by atoms with Crippen molar-refractivity contribution in [1.82, 2.24) is 4.90 Å². The summed E-state index contributed by atoms with van der Waals surface area (Å²) in [4.78, 5) is 1.93. The zero-order chi connectivity index (χ0) is 14.8. The van der Waals surface area contributed by atoms with E-state index < -0.39 is 15.7 Å². The molecule has 1 aliphatic rings. The molecule has 20 heavy (non-hydrogen) atoms. The van der Waals surface area contributed by atoms with Crippen LogP contribution in [0.4, 0.5) is 4.39 Å². The molecule has 0 bridgehead atoms. The fourth-order valence-electron chi connectivity index (χ4n) is 2.56. The second kappa shape index (κ2) is 5.90. The van der Waals surface area contributed by atoms with Crippen molar-refractivity contribution in [2.45, 2.75) is 13.0 Å². The van der Waals surface area contributed by atoms with E-state index in [1.807, 2.05) is 18.0 Å². The van der Waals surface area contributed by atoms with E-state index in [2.05, 4.69) is 0 Å². The summed E-state index contributed by atoms with van der Waals surface area (Å²) in [7, 11) is -1.02. The SMILES string of the molecule is CN(Cc1ccc(C#N)cc1F)CC1CCS(=O)(=O)C1. The van der Waals surface area contributed by atoms with Gasteiger partial charge in [-0.2, -0.15) is 5.26 Å². The Kier molecular flexibility index (Phi) is 4.41. The van der Waals surface area contributed by atoms with Gasteiger partial charge in [0.25, 0.3) is 0 Å². The van der Waals surface area contributed by atoms with E-state index in [4.69, 9.17) is 5.26 Å². The van der Waals surface area contributed by atoms with Gasteiger partial charge in [-0.05, 0) is 31.5 Å². The molecule has 2 rings (SSSR count). The standard InChI is InChI=1S/C14H17FN2O2S/c1-17(8-12-4-5-20(18,19)10-12)9-13-3-2-11(7-16)6-14(13)15/h2-3,6,12H,4-5,8-10H2,1H3. The summed E-state index contributed by atoms with van der Waals surface area (Å²) in [6, 6.07) is 6.32. The molecule has 1 saturated heterocycles. The first-order chi connectivity index (χ1) is 9.39. The number of nitriles is 1. The lowest BCUT2D eigenvalue weighted by Gasteiger charge is -2.20. The highest BCUT2D eigenvalue weighted by atomic mass is 32.2. The van der Waals surface area contributed by atoms with Crippen LogP contribution >= 0.6 is 0 Å². The molecule has 0 N–H and O–H groups in total. The van der Waals surface area contributed by atoms with Gasteiger partial charge in [0.05, 0.1) is 23.1 Å². The number of hydrogen-bond acceptors (Lipinski definition) is 4. The predicted molar refractivity (Wildman–Crippen MR) is 74.2 cm³/mol. The lowest BCUT2D eigenvalue weighted by molar-refractivity contribution is 0.278. The Labute approximate surface area is 118 Å². The lowest BCUT2D eigenvalue weighted by atomic mass is 10.1. The molecule has 1 aromatic carbocycles. The number of benzene rings is 1. The van der Waals surface area contributed by atoms with Crippen LogP contribution in [-0.4, -0.2) is 38.4 Å². The highest BCUT2D eigenvalue weighted by Crippen LogP contribution is 2.20. The van der Waals surface area contributed by atoms with Crippen LogP contribution in [0.3, 0.4) is 0 Å². The summed E-state index contributed by atoms with van der Waals surface area (Å²) in [6.07, 6.45) is 0.683. The van der Waals surface area contributed by atoms with Gasteiger partial charge >= 0.3 is 0 Å². The molecular weight excluding hydrogens is 279 g/mol. The average Bonchev–Trinajstić information content (AvgIpc) is 2.71. The third kappa shape index (κ3) is 3.78. The molecule has 0 radical (unpaired) electrons. The third-order valence-electron chi connectivity index (χ3n) is 3.52. The molecule has 108 valence electrons. The molecule has 0 aliphatic carbocycles. The summed E-state index contributed by atoms with van der Waals surface area (Å²) in [6.45, 7) is 1.05. The van der Waals surface area contributed by atoms with E-state index in [9.17, 15) is 12.8 Å². The molecule has 6 heteroatoms. The largest absolute Gasteiger partial charge is 0.302 e. The van der Waals surface area contributed by atoms with Crippen molar-refractivity contribution < 1.29 is 12.8 Å². The van der Waals surface area contributed by atoms with E-state index >= 15 is 0 Å². The van der Waals surface area contributed by atoms with Crippen LogP contribution in [0.5, 0.6) is 0 Å². The molecule has 0 saturated carbocycles. The van der Waals surface area contributed by atoms with E-state index in [0.717, 1.165) is 0 Å². The summed E-state index contributed by atoms with van der Waals surface area (Å²) >= 11 is 0. The predicted octanol–water partition coefficient (Wildman–Crippen LogP) is 1.56. The van der Waals surface area contributed by atoms with Crippen molar-refractivity contribution in [3.63, 3.8) is 0 Å². The Hall–Kier alpha value is -1.45. The summed E-state index contributed by atoms with van der Waals surface area (Å²) in [5.41, 5.74) is 0.822. The fourth-order valence-corrected chi connectivity index (χ4v) is 4.41. The zero-order valence-electron chi connectivity index (χ0n) is 11.3. The molecule has 0 aromatic heterocycles. The molecule has 1 aliphatic heterocycles. The Bertz CT molecular complexity index is 637. The first kappa shape index (κ1) is 14.9. The maximum Gasteiger partial charge on any atom is 0.150 e. The Balaban J connectivity index is 1.95. The average molecular weight is 296 g/mol. The number of sulfone groups is 1. The van der Waals surface area contributed by atoms with E-state index in [0.29, 0.717) is 30.6 Å². The van der Waals surface area contributed by atoms with Gasteiger partial charge in [-0.15, -0.1) is 0 Å². The van der Waals surface area contributed by atoms with Crippen LogP contribution in [-0.2, 0) is 16.4 Å². The summed E-state index contributed by atoms with van der Waals surface area (Å²) in [5, 5.41) is 8.69. The van der Waals surface area contributed by atoms with Crippen molar-refractivity contribution in [3.05, 3.63) is 35.1 Å². The van der Waals surface area contributed by atoms with Gasteiger partial charge in [0.1, 0.15) is 5.82 Å². The van der Waals surface area contributed by atoms with Gasteiger partial charge in [0.15, 0.2) is 9.84 Å². The van der Waals surface area contributed by atoms with Crippen LogP contribution in [0.2, 0.25) is 0 Å². The van der Waals surface area contributed by atoms with Crippen molar-refractivity contribution in [1.29, 1.82) is 5.26 Å². The Morgan fingerprint density at radius 1 is 1.50 bits per heavy atom. The molecule has 0 amide bonds. The van der Waals surface area contributed by atoms with Gasteiger partial charge < -0.3 is 4.90 Å². The van der Waals surface area contributed by atoms with Gasteiger partial charge in [0, 0.05) is 18.7 Å². The number of hydrogen-bond donors (Lipinski definition) is 0. The molecule has 1 unspecified atom stereocenters. The van der Waals surface area contributed by atoms with Crippen LogP contribution in [0.25, 0.3) is 0 Å². The quantitative estimate of drug-likeness (QED) is 0.846. The van der Waals surface area contributed by atoms with Crippen LogP contribution in [0.1, 0.15) is 17.5 Å². The van der Waals surface area contributed by atoms with Gasteiger partial charge in [-0.3, -0.25) is 0 Å². The van der Waals surface area contributed by atoms with E-state index in [1.165, 1.54) is 6.07 Å². The van der Waals surface area contributed by atoms with Crippen LogP contribution in [0.15, 0.2) is 18.2 Å². The molecular formula is C14H17FN2O2S. The summed E-state index contributed by atoms with van der Waals surface area (Å²) < 4.78 is 36.6. The lowest BCUT2D eigenvalue weighted by Crippen LogP contribution is -2.26. The van der Waals surface area contributed by atoms with Crippen molar-refractivity contribution >= 4 is 9.84 Å². The van der Waals surface area contributed by atoms with Crippen LogP contribution < -0.4 is 0 Å². The minimum Gasteiger partial charge on any atom is -0.302 e. The molecule has 1 fully saturated rings. The Morgan fingerprint density at radius 2 is 2.25 bits per heavy atom. The molecule has 0 spiro atoms. The van der Waals surface area contributed by atoms with Gasteiger partial charge in [-0.25, -0.2) is 12.8 Å². The molecule has 4 nitrogen and oxygen atoms in total. The second-order valence-electron chi connectivity index (χ2n) is 5.38. The van der Waals surface area contributed by atoms with Gasteiger partial charge in [-0.1, -0.05) is 6.07 Å². The van der Waals surface area contributed by atoms with E-state index in [-0.39, 0.29) is 17.4 Å².